The highest BCUT2D eigenvalue weighted by molar-refractivity contribution is 7.99. The Hall–Kier alpha value is -3.12. The number of para-hydroxylation sites is 1. The van der Waals surface area contributed by atoms with Crippen molar-refractivity contribution in [2.45, 2.75) is 5.37 Å². The summed E-state index contributed by atoms with van der Waals surface area (Å²) < 4.78 is 16.9. The van der Waals surface area contributed by atoms with Gasteiger partial charge in [-0.05, 0) is 42.0 Å². The summed E-state index contributed by atoms with van der Waals surface area (Å²) in [6.07, 6.45) is 0. The van der Waals surface area contributed by atoms with E-state index in [-0.39, 0.29) is 11.3 Å². The minimum absolute atomic E-state index is 0.103. The number of thioether (sulfide) groups is 1. The molecule has 4 rings (SSSR count). The maximum Gasteiger partial charge on any atom is 0.262 e. The number of benzene rings is 3. The molecule has 5 nitrogen and oxygen atoms in total. The van der Waals surface area contributed by atoms with Gasteiger partial charge in [0.2, 0.25) is 0 Å². The van der Waals surface area contributed by atoms with E-state index in [1.807, 2.05) is 65.6 Å². The van der Waals surface area contributed by atoms with Crippen molar-refractivity contribution in [3.8, 4) is 23.0 Å². The second-order valence-corrected chi connectivity index (χ2v) is 7.93. The van der Waals surface area contributed by atoms with E-state index < -0.39 is 0 Å². The topological polar surface area (TPSA) is 48.0 Å². The second kappa shape index (κ2) is 9.13. The lowest BCUT2D eigenvalue weighted by molar-refractivity contribution is 0.0753. The summed E-state index contributed by atoms with van der Waals surface area (Å²) in [4.78, 5) is 15.4. The molecule has 1 saturated heterocycles. The summed E-state index contributed by atoms with van der Waals surface area (Å²) >= 11 is 1.74. The third-order valence-corrected chi connectivity index (χ3v) is 6.18. The van der Waals surface area contributed by atoms with Crippen molar-refractivity contribution in [1.29, 1.82) is 0 Å². The van der Waals surface area contributed by atoms with Crippen molar-refractivity contribution in [3.63, 3.8) is 0 Å². The minimum atomic E-state index is -0.105. The maximum atomic E-state index is 13.5. The highest BCUT2D eigenvalue weighted by atomic mass is 32.2. The second-order valence-electron chi connectivity index (χ2n) is 6.75. The molecule has 1 aliphatic rings. The maximum absolute atomic E-state index is 13.5. The summed E-state index contributed by atoms with van der Waals surface area (Å²) in [7, 11) is 3.12. The number of methoxy groups -OCH3 is 2. The lowest BCUT2D eigenvalue weighted by atomic mass is 10.1. The highest BCUT2D eigenvalue weighted by Gasteiger charge is 2.34. The number of carbonyl (C=O) groups excluding carboxylic acids is 1. The van der Waals surface area contributed by atoms with Crippen molar-refractivity contribution in [1.82, 2.24) is 4.90 Å². The van der Waals surface area contributed by atoms with Crippen LogP contribution in [0.3, 0.4) is 0 Å². The van der Waals surface area contributed by atoms with E-state index in [0.717, 1.165) is 22.8 Å². The zero-order valence-electron chi connectivity index (χ0n) is 16.9. The summed E-state index contributed by atoms with van der Waals surface area (Å²) in [5, 5.41) is -0.105. The molecule has 3 aromatic carbocycles. The van der Waals surface area contributed by atoms with Crippen LogP contribution in [0, 0.1) is 0 Å². The largest absolute Gasteiger partial charge is 0.496 e. The predicted molar refractivity (Wildman–Crippen MR) is 119 cm³/mol. The van der Waals surface area contributed by atoms with Crippen LogP contribution in [0.5, 0.6) is 23.0 Å². The van der Waals surface area contributed by atoms with Gasteiger partial charge in [0, 0.05) is 12.3 Å². The van der Waals surface area contributed by atoms with Crippen LogP contribution in [0.4, 0.5) is 0 Å². The Morgan fingerprint density at radius 2 is 1.57 bits per heavy atom. The Bertz CT molecular complexity index is 1000. The molecule has 30 heavy (non-hydrogen) atoms. The van der Waals surface area contributed by atoms with E-state index >= 15 is 0 Å². The molecule has 1 atom stereocenters. The van der Waals surface area contributed by atoms with Crippen molar-refractivity contribution < 1.29 is 19.0 Å². The molecule has 0 saturated carbocycles. The molecule has 0 unspecified atom stereocenters. The summed E-state index contributed by atoms with van der Waals surface area (Å²) in [5.74, 6) is 3.30. The Morgan fingerprint density at radius 1 is 0.900 bits per heavy atom. The lowest BCUT2D eigenvalue weighted by Crippen LogP contribution is -2.31. The quantitative estimate of drug-likeness (QED) is 0.534. The molecule has 6 heteroatoms. The molecule has 0 bridgehead atoms. The minimum Gasteiger partial charge on any atom is -0.496 e. The number of amides is 1. The zero-order valence-corrected chi connectivity index (χ0v) is 17.7. The molecule has 0 aliphatic carbocycles. The average molecular weight is 422 g/mol. The van der Waals surface area contributed by atoms with Gasteiger partial charge in [-0.3, -0.25) is 4.79 Å². The van der Waals surface area contributed by atoms with Crippen molar-refractivity contribution >= 4 is 17.7 Å². The number of carbonyl (C=O) groups is 1. The molecule has 1 amide bonds. The van der Waals surface area contributed by atoms with Crippen LogP contribution >= 0.6 is 11.8 Å². The van der Waals surface area contributed by atoms with Gasteiger partial charge in [0.15, 0.2) is 0 Å². The molecule has 0 N–H and O–H groups in total. The Labute approximate surface area is 180 Å². The standard InChI is InChI=1S/C24H23NO4S/c1-27-20-12-7-13-21(28-2)22(20)23(26)25-14-15-30-24(25)17-8-6-11-19(16-17)29-18-9-4-3-5-10-18/h3-13,16,24H,14-15H2,1-2H3/t24-/m1/s1. The first-order chi connectivity index (χ1) is 14.7. The fraction of sp³-hybridized carbons (Fsp3) is 0.208. The van der Waals surface area contributed by atoms with Crippen LogP contribution in [-0.2, 0) is 0 Å². The summed E-state index contributed by atoms with van der Waals surface area (Å²) in [5.41, 5.74) is 1.47. The van der Waals surface area contributed by atoms with Crippen LogP contribution in [0.1, 0.15) is 21.3 Å². The van der Waals surface area contributed by atoms with Gasteiger partial charge in [0.25, 0.3) is 5.91 Å². The van der Waals surface area contributed by atoms with E-state index in [1.54, 1.807) is 38.1 Å². The first-order valence-corrected chi connectivity index (χ1v) is 10.7. The fourth-order valence-electron chi connectivity index (χ4n) is 3.52. The van der Waals surface area contributed by atoms with Crippen molar-refractivity contribution in [3.05, 3.63) is 83.9 Å². The number of ether oxygens (including phenoxy) is 3. The van der Waals surface area contributed by atoms with Crippen LogP contribution in [0.2, 0.25) is 0 Å². The molecule has 0 radical (unpaired) electrons. The van der Waals surface area contributed by atoms with Gasteiger partial charge in [-0.1, -0.05) is 36.4 Å². The molecular formula is C24H23NO4S. The lowest BCUT2D eigenvalue weighted by Gasteiger charge is -2.26. The molecule has 0 spiro atoms. The first kappa shape index (κ1) is 20.2. The molecule has 1 heterocycles. The Balaban J connectivity index is 1.62. The number of nitrogens with zero attached hydrogens (tertiary/aromatic N) is 1. The van der Waals surface area contributed by atoms with Gasteiger partial charge in [-0.15, -0.1) is 11.8 Å². The smallest absolute Gasteiger partial charge is 0.262 e. The summed E-state index contributed by atoms with van der Waals surface area (Å²) in [6.45, 7) is 0.652. The van der Waals surface area contributed by atoms with Gasteiger partial charge < -0.3 is 19.1 Å². The van der Waals surface area contributed by atoms with Crippen LogP contribution < -0.4 is 14.2 Å². The van der Waals surface area contributed by atoms with E-state index in [2.05, 4.69) is 0 Å². The van der Waals surface area contributed by atoms with E-state index in [9.17, 15) is 4.79 Å². The highest BCUT2D eigenvalue weighted by Crippen LogP contribution is 2.42. The number of rotatable bonds is 6. The third-order valence-electron chi connectivity index (χ3n) is 4.92. The van der Waals surface area contributed by atoms with Gasteiger partial charge in [-0.2, -0.15) is 0 Å². The van der Waals surface area contributed by atoms with Crippen LogP contribution in [0.15, 0.2) is 72.8 Å². The molecule has 3 aromatic rings. The van der Waals surface area contributed by atoms with Gasteiger partial charge in [0.1, 0.15) is 33.9 Å². The average Bonchev–Trinajstić information content (AvgIpc) is 3.29. The van der Waals surface area contributed by atoms with E-state index in [0.29, 0.717) is 23.6 Å². The summed E-state index contributed by atoms with van der Waals surface area (Å²) in [6, 6.07) is 22.9. The van der Waals surface area contributed by atoms with Gasteiger partial charge in [-0.25, -0.2) is 0 Å². The molecular weight excluding hydrogens is 398 g/mol. The van der Waals surface area contributed by atoms with Gasteiger partial charge >= 0.3 is 0 Å². The predicted octanol–water partition coefficient (Wildman–Crippen LogP) is 5.38. The normalized spacial score (nSPS) is 15.7. The SMILES string of the molecule is COc1cccc(OC)c1C(=O)N1CCS[C@@H]1c1cccc(Oc2ccccc2)c1. The number of hydrogen-bond donors (Lipinski definition) is 0. The Morgan fingerprint density at radius 3 is 2.27 bits per heavy atom. The number of hydrogen-bond acceptors (Lipinski definition) is 5. The molecule has 154 valence electrons. The molecule has 1 fully saturated rings. The van der Waals surface area contributed by atoms with Crippen LogP contribution in [-0.4, -0.2) is 37.3 Å². The van der Waals surface area contributed by atoms with E-state index in [4.69, 9.17) is 14.2 Å². The van der Waals surface area contributed by atoms with Crippen molar-refractivity contribution in [2.24, 2.45) is 0 Å². The van der Waals surface area contributed by atoms with Gasteiger partial charge in [0.05, 0.1) is 14.2 Å². The molecule has 1 aliphatic heterocycles. The molecule has 0 aromatic heterocycles. The monoisotopic (exact) mass is 421 g/mol. The third kappa shape index (κ3) is 4.09. The van der Waals surface area contributed by atoms with Crippen molar-refractivity contribution in [2.75, 3.05) is 26.5 Å². The Kier molecular flexibility index (Phi) is 6.14. The fourth-order valence-corrected chi connectivity index (χ4v) is 4.76. The zero-order chi connectivity index (χ0) is 20.9. The first-order valence-electron chi connectivity index (χ1n) is 9.67. The van der Waals surface area contributed by atoms with Crippen LogP contribution in [0.25, 0.3) is 0 Å². The van der Waals surface area contributed by atoms with E-state index in [1.165, 1.54) is 0 Å².